The standard InChI is InChI=1S/C20H16N2O4S3/c23-12-9-5-4-8-11(12)13-14(17(24)21-10-6-2-1-3-7-10)16(19(25)26)28-18-15(13)29-20(27)22-18/h1-9,13-14,16,23H,(H,21,24)(H,22,27)(H,25,26)/t13-,14-,16+/m0/s1. The second-order valence-corrected chi connectivity index (χ2v) is 9.37. The van der Waals surface area contributed by atoms with Crippen LogP contribution >= 0.6 is 35.3 Å². The average Bonchev–Trinajstić information content (AvgIpc) is 3.07. The van der Waals surface area contributed by atoms with Crippen LogP contribution in [-0.2, 0) is 9.59 Å². The predicted octanol–water partition coefficient (Wildman–Crippen LogP) is 4.46. The first-order valence-electron chi connectivity index (χ1n) is 8.72. The summed E-state index contributed by atoms with van der Waals surface area (Å²) >= 11 is 7.65. The van der Waals surface area contributed by atoms with Crippen molar-refractivity contribution in [2.75, 3.05) is 5.32 Å². The van der Waals surface area contributed by atoms with Gasteiger partial charge in [0.15, 0.2) is 3.95 Å². The first-order valence-corrected chi connectivity index (χ1v) is 10.8. The van der Waals surface area contributed by atoms with Gasteiger partial charge < -0.3 is 20.5 Å². The van der Waals surface area contributed by atoms with Crippen molar-refractivity contribution in [3.63, 3.8) is 0 Å². The molecule has 29 heavy (non-hydrogen) atoms. The number of aliphatic carboxylic acids is 1. The van der Waals surface area contributed by atoms with Crippen molar-refractivity contribution < 1.29 is 19.8 Å². The van der Waals surface area contributed by atoms with E-state index >= 15 is 0 Å². The van der Waals surface area contributed by atoms with Crippen molar-refractivity contribution in [1.82, 2.24) is 4.98 Å². The van der Waals surface area contributed by atoms with E-state index in [0.717, 1.165) is 16.6 Å². The van der Waals surface area contributed by atoms with Crippen molar-refractivity contribution in [1.29, 1.82) is 0 Å². The number of aromatic amines is 1. The summed E-state index contributed by atoms with van der Waals surface area (Å²) in [5.74, 6) is -3.10. The minimum Gasteiger partial charge on any atom is -0.508 e. The van der Waals surface area contributed by atoms with Gasteiger partial charge in [0.2, 0.25) is 5.91 Å². The lowest BCUT2D eigenvalue weighted by molar-refractivity contribution is -0.139. The monoisotopic (exact) mass is 444 g/mol. The number of amides is 1. The van der Waals surface area contributed by atoms with E-state index in [9.17, 15) is 19.8 Å². The van der Waals surface area contributed by atoms with Crippen LogP contribution in [0.5, 0.6) is 5.75 Å². The van der Waals surface area contributed by atoms with Gasteiger partial charge >= 0.3 is 5.97 Å². The Morgan fingerprint density at radius 3 is 2.45 bits per heavy atom. The number of fused-ring (bicyclic) bond motifs is 1. The van der Waals surface area contributed by atoms with Gasteiger partial charge in [0.05, 0.1) is 10.9 Å². The van der Waals surface area contributed by atoms with Crippen molar-refractivity contribution in [2.24, 2.45) is 5.92 Å². The summed E-state index contributed by atoms with van der Waals surface area (Å²) in [6.45, 7) is 0. The summed E-state index contributed by atoms with van der Waals surface area (Å²) in [6, 6.07) is 15.6. The fourth-order valence-corrected chi connectivity index (χ4v) is 6.33. The van der Waals surface area contributed by atoms with Crippen molar-refractivity contribution >= 4 is 52.9 Å². The third-order valence-corrected chi connectivity index (χ3v) is 7.47. The number of benzene rings is 2. The van der Waals surface area contributed by atoms with Crippen LogP contribution < -0.4 is 5.32 Å². The minimum absolute atomic E-state index is 0.0105. The number of carbonyl (C=O) groups excluding carboxylic acids is 1. The Kier molecular flexibility index (Phi) is 5.44. The maximum absolute atomic E-state index is 13.3. The zero-order valence-electron chi connectivity index (χ0n) is 14.9. The maximum Gasteiger partial charge on any atom is 0.317 e. The molecule has 4 rings (SSSR count). The number of H-pyrrole nitrogens is 1. The highest BCUT2D eigenvalue weighted by Gasteiger charge is 2.48. The molecule has 0 spiro atoms. The largest absolute Gasteiger partial charge is 0.508 e. The number of rotatable bonds is 4. The van der Waals surface area contributed by atoms with Crippen LogP contribution in [0.3, 0.4) is 0 Å². The van der Waals surface area contributed by atoms with Gasteiger partial charge in [0.1, 0.15) is 11.0 Å². The first-order chi connectivity index (χ1) is 14.0. The van der Waals surface area contributed by atoms with E-state index in [0.29, 0.717) is 20.2 Å². The maximum atomic E-state index is 13.3. The molecule has 3 atom stereocenters. The van der Waals surface area contributed by atoms with Crippen LogP contribution in [0.1, 0.15) is 16.4 Å². The molecular weight excluding hydrogens is 428 g/mol. The quantitative estimate of drug-likeness (QED) is 0.443. The molecule has 0 bridgehead atoms. The van der Waals surface area contributed by atoms with Crippen LogP contribution in [0.4, 0.5) is 5.69 Å². The van der Waals surface area contributed by atoms with Crippen LogP contribution in [0.25, 0.3) is 0 Å². The second kappa shape index (κ2) is 8.02. The molecule has 0 saturated carbocycles. The smallest absolute Gasteiger partial charge is 0.317 e. The number of hydrogen-bond donors (Lipinski definition) is 4. The summed E-state index contributed by atoms with van der Waals surface area (Å²) < 4.78 is 0.496. The second-order valence-electron chi connectivity index (χ2n) is 6.50. The number of carboxylic acids is 1. The molecular formula is C20H16N2O4S3. The molecule has 6 nitrogen and oxygen atoms in total. The molecule has 3 aromatic rings. The Balaban J connectivity index is 1.85. The van der Waals surface area contributed by atoms with Crippen molar-refractivity contribution in [2.45, 2.75) is 16.2 Å². The van der Waals surface area contributed by atoms with Gasteiger partial charge in [-0.1, -0.05) is 48.2 Å². The van der Waals surface area contributed by atoms with Gasteiger partial charge in [-0.05, 0) is 30.4 Å². The number of aromatic nitrogens is 1. The number of carbonyl (C=O) groups is 2. The number of nitrogens with one attached hydrogen (secondary N) is 2. The number of hydrogen-bond acceptors (Lipinski definition) is 6. The van der Waals surface area contributed by atoms with Gasteiger partial charge in [-0.15, -0.1) is 11.3 Å². The minimum atomic E-state index is -1.10. The van der Waals surface area contributed by atoms with E-state index < -0.39 is 29.0 Å². The number of anilines is 1. The van der Waals surface area contributed by atoms with E-state index in [4.69, 9.17) is 12.2 Å². The van der Waals surface area contributed by atoms with Gasteiger partial charge in [-0.25, -0.2) is 0 Å². The normalized spacial score (nSPS) is 20.6. The summed E-state index contributed by atoms with van der Waals surface area (Å²) in [4.78, 5) is 29.2. The molecule has 0 unspecified atom stereocenters. The zero-order chi connectivity index (χ0) is 20.5. The van der Waals surface area contributed by atoms with E-state index in [-0.39, 0.29) is 5.75 Å². The van der Waals surface area contributed by atoms with Crippen LogP contribution in [0.15, 0.2) is 59.6 Å². The Morgan fingerprint density at radius 1 is 1.07 bits per heavy atom. The molecule has 148 valence electrons. The van der Waals surface area contributed by atoms with Crippen LogP contribution in [0, 0.1) is 9.87 Å². The van der Waals surface area contributed by atoms with Crippen LogP contribution in [-0.4, -0.2) is 32.3 Å². The molecule has 1 amide bonds. The lowest BCUT2D eigenvalue weighted by Gasteiger charge is -2.34. The van der Waals surface area contributed by atoms with E-state index in [1.165, 1.54) is 17.4 Å². The molecule has 1 aromatic heterocycles. The number of phenols is 1. The Morgan fingerprint density at radius 2 is 1.76 bits per heavy atom. The first kappa shape index (κ1) is 19.7. The number of para-hydroxylation sites is 2. The summed E-state index contributed by atoms with van der Waals surface area (Å²) in [7, 11) is 0. The Hall–Kier alpha value is -2.62. The molecule has 0 saturated heterocycles. The predicted molar refractivity (Wildman–Crippen MR) is 115 cm³/mol. The highest BCUT2D eigenvalue weighted by molar-refractivity contribution is 8.00. The van der Waals surface area contributed by atoms with Gasteiger partial charge in [0, 0.05) is 22.0 Å². The zero-order valence-corrected chi connectivity index (χ0v) is 17.3. The topological polar surface area (TPSA) is 102 Å². The van der Waals surface area contributed by atoms with E-state index in [1.54, 1.807) is 42.5 Å². The number of thioether (sulfide) groups is 1. The fraction of sp³-hybridized carbons (Fsp3) is 0.150. The lowest BCUT2D eigenvalue weighted by Crippen LogP contribution is -2.42. The summed E-state index contributed by atoms with van der Waals surface area (Å²) in [5, 5.41) is 22.8. The highest BCUT2D eigenvalue weighted by Crippen LogP contribution is 2.52. The van der Waals surface area contributed by atoms with Gasteiger partial charge in [-0.2, -0.15) is 0 Å². The third kappa shape index (κ3) is 3.81. The molecule has 0 fully saturated rings. The molecule has 0 radical (unpaired) electrons. The molecule has 9 heteroatoms. The van der Waals surface area contributed by atoms with Crippen molar-refractivity contribution in [3.8, 4) is 5.75 Å². The van der Waals surface area contributed by atoms with Crippen molar-refractivity contribution in [3.05, 3.63) is 69.0 Å². The van der Waals surface area contributed by atoms with E-state index in [1.807, 2.05) is 6.07 Å². The molecule has 1 aliphatic rings. The number of thiazole rings is 1. The average molecular weight is 445 g/mol. The molecule has 4 N–H and O–H groups in total. The lowest BCUT2D eigenvalue weighted by atomic mass is 9.81. The van der Waals surface area contributed by atoms with Gasteiger partial charge in [0.25, 0.3) is 0 Å². The van der Waals surface area contributed by atoms with Crippen LogP contribution in [0.2, 0.25) is 0 Å². The third-order valence-electron chi connectivity index (χ3n) is 4.71. The summed E-state index contributed by atoms with van der Waals surface area (Å²) in [5.41, 5.74) is 1.08. The van der Waals surface area contributed by atoms with E-state index in [2.05, 4.69) is 10.3 Å². The van der Waals surface area contributed by atoms with Gasteiger partial charge in [-0.3, -0.25) is 9.59 Å². The molecule has 2 aromatic carbocycles. The number of carboxylic acid groups (broad SMARTS) is 1. The Bertz CT molecular complexity index is 1130. The number of aromatic hydroxyl groups is 1. The molecule has 1 aliphatic heterocycles. The highest BCUT2D eigenvalue weighted by atomic mass is 32.2. The molecule has 0 aliphatic carbocycles. The fourth-order valence-electron chi connectivity index (χ4n) is 3.48. The summed E-state index contributed by atoms with van der Waals surface area (Å²) in [6.07, 6.45) is 0. The SMILES string of the molecule is O=C(Nc1ccccc1)[C@H]1[C@H](c2ccccc2O)c2sc(=S)[nH]c2S[C@H]1C(=O)O. The molecule has 2 heterocycles. The Labute approximate surface area is 179 Å². The number of phenolic OH excluding ortho intramolecular Hbond substituents is 1.